The molecule has 1 aliphatic rings. The van der Waals surface area contributed by atoms with Gasteiger partial charge in [-0.25, -0.2) is 4.79 Å². The lowest BCUT2D eigenvalue weighted by molar-refractivity contribution is 0.254. The standard InChI is InChI=1S/C14H21N3O/c1-15-14(18)16-13-6-4-5-12(11-13)7-10-17-8-2-3-9-17/h4-6,11H,2-3,7-10H2,1H3,(H2,15,16,18). The number of nitrogens with one attached hydrogen (secondary N) is 2. The third kappa shape index (κ3) is 3.74. The predicted octanol–water partition coefficient (Wildman–Crippen LogP) is 2.08. The fourth-order valence-electron chi connectivity index (χ4n) is 2.29. The van der Waals surface area contributed by atoms with Gasteiger partial charge in [-0.05, 0) is 50.0 Å². The molecule has 2 N–H and O–H groups in total. The Morgan fingerprint density at radius 1 is 1.33 bits per heavy atom. The maximum absolute atomic E-state index is 11.2. The minimum Gasteiger partial charge on any atom is -0.341 e. The Hall–Kier alpha value is -1.55. The highest BCUT2D eigenvalue weighted by Gasteiger charge is 2.10. The zero-order valence-corrected chi connectivity index (χ0v) is 10.9. The number of hydrogen-bond acceptors (Lipinski definition) is 2. The van der Waals surface area contributed by atoms with E-state index in [-0.39, 0.29) is 6.03 Å². The van der Waals surface area contributed by atoms with Crippen LogP contribution in [-0.2, 0) is 6.42 Å². The van der Waals surface area contributed by atoms with Crippen LogP contribution in [-0.4, -0.2) is 37.6 Å². The summed E-state index contributed by atoms with van der Waals surface area (Å²) in [5.74, 6) is 0. The number of hydrogen-bond donors (Lipinski definition) is 2. The minimum atomic E-state index is -0.174. The van der Waals surface area contributed by atoms with E-state index in [1.807, 2.05) is 18.2 Å². The quantitative estimate of drug-likeness (QED) is 0.855. The summed E-state index contributed by atoms with van der Waals surface area (Å²) >= 11 is 0. The number of rotatable bonds is 4. The van der Waals surface area contributed by atoms with E-state index in [0.29, 0.717) is 0 Å². The van der Waals surface area contributed by atoms with Crippen LogP contribution in [0.25, 0.3) is 0 Å². The zero-order chi connectivity index (χ0) is 12.8. The molecule has 0 atom stereocenters. The highest BCUT2D eigenvalue weighted by molar-refractivity contribution is 5.89. The lowest BCUT2D eigenvalue weighted by Gasteiger charge is -2.14. The van der Waals surface area contributed by atoms with E-state index < -0.39 is 0 Å². The van der Waals surface area contributed by atoms with Gasteiger partial charge in [-0.1, -0.05) is 12.1 Å². The number of anilines is 1. The number of amides is 2. The first-order valence-electron chi connectivity index (χ1n) is 6.58. The van der Waals surface area contributed by atoms with E-state index in [0.717, 1.165) is 18.7 Å². The molecule has 0 bridgehead atoms. The summed E-state index contributed by atoms with van der Waals surface area (Å²) < 4.78 is 0. The molecule has 4 nitrogen and oxygen atoms in total. The van der Waals surface area contributed by atoms with Gasteiger partial charge in [-0.15, -0.1) is 0 Å². The summed E-state index contributed by atoms with van der Waals surface area (Å²) in [6, 6.07) is 7.89. The summed E-state index contributed by atoms with van der Waals surface area (Å²) in [5, 5.41) is 5.35. The third-order valence-electron chi connectivity index (χ3n) is 3.33. The molecule has 4 heteroatoms. The Balaban J connectivity index is 1.87. The molecule has 1 aromatic rings. The van der Waals surface area contributed by atoms with Crippen molar-refractivity contribution < 1.29 is 4.79 Å². The highest BCUT2D eigenvalue weighted by Crippen LogP contribution is 2.13. The second kappa shape index (κ2) is 6.40. The van der Waals surface area contributed by atoms with Crippen molar-refractivity contribution >= 4 is 11.7 Å². The van der Waals surface area contributed by atoms with Gasteiger partial charge in [-0.3, -0.25) is 0 Å². The van der Waals surface area contributed by atoms with Crippen LogP contribution in [0.3, 0.4) is 0 Å². The van der Waals surface area contributed by atoms with Gasteiger partial charge in [0.25, 0.3) is 0 Å². The normalized spacial score (nSPS) is 15.6. The Morgan fingerprint density at radius 2 is 2.11 bits per heavy atom. The van der Waals surface area contributed by atoms with Crippen molar-refractivity contribution in [2.75, 3.05) is 32.0 Å². The zero-order valence-electron chi connectivity index (χ0n) is 10.9. The van der Waals surface area contributed by atoms with Gasteiger partial charge in [0.15, 0.2) is 0 Å². The average molecular weight is 247 g/mol. The molecule has 1 aliphatic heterocycles. The van der Waals surface area contributed by atoms with Gasteiger partial charge in [0.2, 0.25) is 0 Å². The van der Waals surface area contributed by atoms with E-state index >= 15 is 0 Å². The van der Waals surface area contributed by atoms with Crippen LogP contribution in [0.15, 0.2) is 24.3 Å². The summed E-state index contributed by atoms with van der Waals surface area (Å²) in [5.41, 5.74) is 2.13. The second-order valence-electron chi connectivity index (χ2n) is 4.70. The maximum Gasteiger partial charge on any atom is 0.318 e. The van der Waals surface area contributed by atoms with Gasteiger partial charge in [0.05, 0.1) is 0 Å². The number of likely N-dealkylation sites (tertiary alicyclic amines) is 1. The number of carbonyl (C=O) groups is 1. The molecule has 0 radical (unpaired) electrons. The molecular formula is C14H21N3O. The lowest BCUT2D eigenvalue weighted by Crippen LogP contribution is -2.24. The van der Waals surface area contributed by atoms with E-state index in [4.69, 9.17) is 0 Å². The molecule has 2 amide bonds. The number of carbonyl (C=O) groups excluding carboxylic acids is 1. The molecule has 1 aromatic carbocycles. The van der Waals surface area contributed by atoms with E-state index in [2.05, 4.69) is 21.6 Å². The van der Waals surface area contributed by atoms with Crippen LogP contribution < -0.4 is 10.6 Å². The monoisotopic (exact) mass is 247 g/mol. The van der Waals surface area contributed by atoms with Crippen molar-refractivity contribution in [1.29, 1.82) is 0 Å². The number of nitrogens with zero attached hydrogens (tertiary/aromatic N) is 1. The Kier molecular flexibility index (Phi) is 4.59. The van der Waals surface area contributed by atoms with Crippen LogP contribution in [0.5, 0.6) is 0 Å². The molecule has 2 rings (SSSR count). The van der Waals surface area contributed by atoms with Gasteiger partial charge in [-0.2, -0.15) is 0 Å². The molecule has 1 heterocycles. The minimum absolute atomic E-state index is 0.174. The van der Waals surface area contributed by atoms with Crippen LogP contribution in [0.1, 0.15) is 18.4 Å². The Labute approximate surface area is 108 Å². The van der Waals surface area contributed by atoms with Crippen LogP contribution in [0.2, 0.25) is 0 Å². The summed E-state index contributed by atoms with van der Waals surface area (Å²) in [4.78, 5) is 13.7. The maximum atomic E-state index is 11.2. The van der Waals surface area contributed by atoms with Gasteiger partial charge >= 0.3 is 6.03 Å². The summed E-state index contributed by atoms with van der Waals surface area (Å²) in [7, 11) is 1.62. The third-order valence-corrected chi connectivity index (χ3v) is 3.33. The molecular weight excluding hydrogens is 226 g/mol. The molecule has 0 unspecified atom stereocenters. The molecule has 0 aromatic heterocycles. The van der Waals surface area contributed by atoms with Crippen molar-refractivity contribution in [3.8, 4) is 0 Å². The molecule has 0 aliphatic carbocycles. The first-order valence-corrected chi connectivity index (χ1v) is 6.58. The highest BCUT2D eigenvalue weighted by atomic mass is 16.2. The van der Waals surface area contributed by atoms with Crippen LogP contribution in [0, 0.1) is 0 Å². The van der Waals surface area contributed by atoms with E-state index in [9.17, 15) is 4.79 Å². The van der Waals surface area contributed by atoms with Crippen molar-refractivity contribution in [2.24, 2.45) is 0 Å². The molecule has 18 heavy (non-hydrogen) atoms. The SMILES string of the molecule is CNC(=O)Nc1cccc(CCN2CCCC2)c1. The van der Waals surface area contributed by atoms with Crippen molar-refractivity contribution in [2.45, 2.75) is 19.3 Å². The second-order valence-corrected chi connectivity index (χ2v) is 4.70. The number of benzene rings is 1. The topological polar surface area (TPSA) is 44.4 Å². The molecule has 0 saturated carbocycles. The first kappa shape index (κ1) is 12.9. The fourth-order valence-corrected chi connectivity index (χ4v) is 2.29. The van der Waals surface area contributed by atoms with Crippen LogP contribution in [0.4, 0.5) is 10.5 Å². The van der Waals surface area contributed by atoms with Crippen molar-refractivity contribution in [1.82, 2.24) is 10.2 Å². The van der Waals surface area contributed by atoms with Crippen molar-refractivity contribution in [3.63, 3.8) is 0 Å². The van der Waals surface area contributed by atoms with Crippen LogP contribution >= 0.6 is 0 Å². The summed E-state index contributed by atoms with van der Waals surface area (Å²) in [6.07, 6.45) is 3.71. The van der Waals surface area contributed by atoms with Crippen molar-refractivity contribution in [3.05, 3.63) is 29.8 Å². The lowest BCUT2D eigenvalue weighted by atomic mass is 10.1. The van der Waals surface area contributed by atoms with Gasteiger partial charge in [0.1, 0.15) is 0 Å². The predicted molar refractivity (Wildman–Crippen MR) is 73.9 cm³/mol. The Bertz CT molecular complexity index is 400. The summed E-state index contributed by atoms with van der Waals surface area (Å²) in [6.45, 7) is 3.58. The fraction of sp³-hybridized carbons (Fsp3) is 0.500. The molecule has 1 saturated heterocycles. The smallest absolute Gasteiger partial charge is 0.318 e. The Morgan fingerprint density at radius 3 is 2.83 bits per heavy atom. The largest absolute Gasteiger partial charge is 0.341 e. The molecule has 1 fully saturated rings. The number of urea groups is 1. The van der Waals surface area contributed by atoms with E-state index in [1.165, 1.54) is 31.5 Å². The van der Waals surface area contributed by atoms with Gasteiger partial charge < -0.3 is 15.5 Å². The van der Waals surface area contributed by atoms with Gasteiger partial charge in [0, 0.05) is 19.3 Å². The molecule has 0 spiro atoms. The first-order chi connectivity index (χ1) is 8.78. The average Bonchev–Trinajstić information content (AvgIpc) is 2.90. The van der Waals surface area contributed by atoms with E-state index in [1.54, 1.807) is 7.05 Å². The molecule has 98 valence electrons.